The van der Waals surface area contributed by atoms with E-state index in [-0.39, 0.29) is 0 Å². The highest BCUT2D eigenvalue weighted by Gasteiger charge is 2.15. The van der Waals surface area contributed by atoms with Crippen LogP contribution < -0.4 is 4.74 Å². The van der Waals surface area contributed by atoms with Crippen LogP contribution in [0.4, 0.5) is 0 Å². The standard InChI is InChI=1S/C25H21N3O2.C2H6/c1-3-21(28-15-14-26-24(28)4-2)18-9-10-23(19-8-6-5-7-17(18)19)30-25-20-12-16-29-22(20)11-13-27-25;1-2/h3,5-16H,4H2,1-2H3;1-2H3/b21-3-;. The van der Waals surface area contributed by atoms with E-state index in [0.29, 0.717) is 5.88 Å². The molecule has 0 saturated carbocycles. The second-order valence-electron chi connectivity index (χ2n) is 6.95. The Morgan fingerprint density at radius 3 is 2.56 bits per heavy atom. The molecule has 162 valence electrons. The van der Waals surface area contributed by atoms with Crippen LogP contribution in [0.2, 0.25) is 0 Å². The monoisotopic (exact) mass is 425 g/mol. The number of hydrogen-bond donors (Lipinski definition) is 0. The summed E-state index contributed by atoms with van der Waals surface area (Å²) in [6.45, 7) is 8.17. The Balaban J connectivity index is 0.00000119. The number of pyridine rings is 1. The third kappa shape index (κ3) is 3.78. The van der Waals surface area contributed by atoms with E-state index < -0.39 is 0 Å². The Morgan fingerprint density at radius 1 is 0.969 bits per heavy atom. The minimum absolute atomic E-state index is 0.535. The van der Waals surface area contributed by atoms with Crippen LogP contribution in [0, 0.1) is 0 Å². The van der Waals surface area contributed by atoms with Crippen molar-refractivity contribution in [2.45, 2.75) is 34.1 Å². The smallest absolute Gasteiger partial charge is 0.230 e. The predicted octanol–water partition coefficient (Wildman–Crippen LogP) is 7.47. The van der Waals surface area contributed by atoms with Gasteiger partial charge in [-0.25, -0.2) is 9.97 Å². The van der Waals surface area contributed by atoms with Crippen molar-refractivity contribution in [2.75, 3.05) is 0 Å². The molecular formula is C27H27N3O2. The summed E-state index contributed by atoms with van der Waals surface area (Å²) < 4.78 is 13.9. The fourth-order valence-corrected chi connectivity index (χ4v) is 3.88. The molecule has 0 spiro atoms. The summed E-state index contributed by atoms with van der Waals surface area (Å²) in [5.74, 6) is 2.32. The summed E-state index contributed by atoms with van der Waals surface area (Å²) in [4.78, 5) is 8.90. The van der Waals surface area contributed by atoms with Gasteiger partial charge in [-0.1, -0.05) is 51.1 Å². The second kappa shape index (κ2) is 9.52. The molecule has 0 N–H and O–H groups in total. The van der Waals surface area contributed by atoms with Gasteiger partial charge in [-0.3, -0.25) is 0 Å². The molecule has 5 heteroatoms. The molecule has 0 bridgehead atoms. The number of imidazole rings is 1. The Labute approximate surface area is 188 Å². The molecule has 0 amide bonds. The molecule has 0 unspecified atom stereocenters. The molecule has 0 aliphatic rings. The van der Waals surface area contributed by atoms with Crippen LogP contribution in [0.1, 0.15) is 39.1 Å². The van der Waals surface area contributed by atoms with Crippen LogP contribution in [0.5, 0.6) is 11.6 Å². The highest BCUT2D eigenvalue weighted by Crippen LogP contribution is 2.36. The van der Waals surface area contributed by atoms with E-state index >= 15 is 0 Å². The quantitative estimate of drug-likeness (QED) is 0.293. The fourth-order valence-electron chi connectivity index (χ4n) is 3.88. The molecule has 0 atom stereocenters. The van der Waals surface area contributed by atoms with Gasteiger partial charge >= 0.3 is 0 Å². The van der Waals surface area contributed by atoms with Crippen LogP contribution in [0.25, 0.3) is 27.4 Å². The van der Waals surface area contributed by atoms with E-state index in [0.717, 1.165) is 51.0 Å². The topological polar surface area (TPSA) is 53.1 Å². The molecule has 5 rings (SSSR count). The zero-order valence-corrected chi connectivity index (χ0v) is 18.9. The number of hydrogen-bond acceptors (Lipinski definition) is 4. The van der Waals surface area contributed by atoms with E-state index in [4.69, 9.17) is 9.15 Å². The van der Waals surface area contributed by atoms with E-state index in [2.05, 4.69) is 52.7 Å². The van der Waals surface area contributed by atoms with Crippen molar-refractivity contribution in [3.05, 3.63) is 90.8 Å². The Kier molecular flexibility index (Phi) is 6.36. The number of aromatic nitrogens is 3. The maximum atomic E-state index is 6.26. The first kappa shape index (κ1) is 21.4. The molecule has 3 heterocycles. The van der Waals surface area contributed by atoms with Gasteiger partial charge in [-0.15, -0.1) is 0 Å². The molecule has 32 heavy (non-hydrogen) atoms. The van der Waals surface area contributed by atoms with Crippen LogP contribution in [-0.2, 0) is 6.42 Å². The lowest BCUT2D eigenvalue weighted by Crippen LogP contribution is -2.03. The molecule has 3 aromatic heterocycles. The SMILES string of the molecule is C/C=C(/c1ccc(Oc2nccc3occc23)c2ccccc12)n1ccnc1CC.CC. The Hall–Kier alpha value is -3.86. The van der Waals surface area contributed by atoms with Crippen molar-refractivity contribution in [1.29, 1.82) is 0 Å². The van der Waals surface area contributed by atoms with Gasteiger partial charge in [0.2, 0.25) is 5.88 Å². The molecule has 5 nitrogen and oxygen atoms in total. The van der Waals surface area contributed by atoms with E-state index in [1.807, 2.05) is 56.6 Å². The molecule has 5 aromatic rings. The van der Waals surface area contributed by atoms with E-state index in [9.17, 15) is 0 Å². The summed E-state index contributed by atoms with van der Waals surface area (Å²) in [6.07, 6.45) is 10.2. The molecule has 0 aliphatic heterocycles. The predicted molar refractivity (Wildman–Crippen MR) is 130 cm³/mol. The number of furan rings is 1. The Bertz CT molecular complexity index is 1380. The number of rotatable bonds is 5. The molecule has 0 saturated heterocycles. The first-order valence-corrected chi connectivity index (χ1v) is 11.0. The zero-order valence-electron chi connectivity index (χ0n) is 18.9. The van der Waals surface area contributed by atoms with E-state index in [1.54, 1.807) is 12.5 Å². The largest absolute Gasteiger partial charge is 0.464 e. The summed E-state index contributed by atoms with van der Waals surface area (Å²) in [6, 6.07) is 16.1. The van der Waals surface area contributed by atoms with Gasteiger partial charge in [0.15, 0.2) is 0 Å². The highest BCUT2D eigenvalue weighted by atomic mass is 16.5. The van der Waals surface area contributed by atoms with Gasteiger partial charge in [0.05, 0.1) is 17.3 Å². The van der Waals surface area contributed by atoms with Crippen molar-refractivity contribution in [3.8, 4) is 11.6 Å². The van der Waals surface area contributed by atoms with Gasteiger partial charge in [0.1, 0.15) is 17.2 Å². The minimum atomic E-state index is 0.535. The van der Waals surface area contributed by atoms with Gasteiger partial charge in [-0.2, -0.15) is 0 Å². The summed E-state index contributed by atoms with van der Waals surface area (Å²) in [5, 5.41) is 2.99. The molecular weight excluding hydrogens is 398 g/mol. The molecule has 0 radical (unpaired) electrons. The van der Waals surface area contributed by atoms with Gasteiger partial charge in [0.25, 0.3) is 0 Å². The molecule has 0 fully saturated rings. The minimum Gasteiger partial charge on any atom is -0.464 e. The van der Waals surface area contributed by atoms with Crippen molar-refractivity contribution in [1.82, 2.24) is 14.5 Å². The first-order valence-electron chi connectivity index (χ1n) is 11.0. The number of allylic oxidation sites excluding steroid dienone is 1. The van der Waals surface area contributed by atoms with Crippen LogP contribution >= 0.6 is 0 Å². The van der Waals surface area contributed by atoms with Crippen molar-refractivity contribution in [2.24, 2.45) is 0 Å². The second-order valence-corrected chi connectivity index (χ2v) is 6.95. The lowest BCUT2D eigenvalue weighted by atomic mass is 10.0. The third-order valence-electron chi connectivity index (χ3n) is 5.28. The zero-order chi connectivity index (χ0) is 22.5. The number of fused-ring (bicyclic) bond motifs is 2. The number of ether oxygens (including phenoxy) is 1. The van der Waals surface area contributed by atoms with Crippen molar-refractivity contribution < 1.29 is 9.15 Å². The lowest BCUT2D eigenvalue weighted by molar-refractivity contribution is 0.474. The van der Waals surface area contributed by atoms with Crippen LogP contribution in [0.15, 0.2) is 83.9 Å². The number of nitrogens with zero attached hydrogens (tertiary/aromatic N) is 3. The lowest BCUT2D eigenvalue weighted by Gasteiger charge is -2.16. The average Bonchev–Trinajstić information content (AvgIpc) is 3.52. The maximum Gasteiger partial charge on any atom is 0.230 e. The number of aryl methyl sites for hydroxylation is 1. The Morgan fingerprint density at radius 2 is 1.78 bits per heavy atom. The average molecular weight is 426 g/mol. The van der Waals surface area contributed by atoms with Crippen LogP contribution in [-0.4, -0.2) is 14.5 Å². The van der Waals surface area contributed by atoms with Gasteiger partial charge in [0, 0.05) is 36.0 Å². The van der Waals surface area contributed by atoms with Crippen molar-refractivity contribution >= 4 is 27.4 Å². The normalized spacial score (nSPS) is 11.4. The number of benzene rings is 2. The molecule has 2 aromatic carbocycles. The van der Waals surface area contributed by atoms with E-state index in [1.165, 1.54) is 0 Å². The summed E-state index contributed by atoms with van der Waals surface area (Å²) >= 11 is 0. The molecule has 0 aliphatic carbocycles. The summed E-state index contributed by atoms with van der Waals surface area (Å²) in [5.41, 5.74) is 2.98. The first-order chi connectivity index (χ1) is 15.8. The summed E-state index contributed by atoms with van der Waals surface area (Å²) in [7, 11) is 0. The van der Waals surface area contributed by atoms with Crippen molar-refractivity contribution in [3.63, 3.8) is 0 Å². The fraction of sp³-hybridized carbons (Fsp3) is 0.185. The maximum absolute atomic E-state index is 6.26. The van der Waals surface area contributed by atoms with Gasteiger partial charge in [-0.05, 0) is 36.6 Å². The van der Waals surface area contributed by atoms with Gasteiger partial charge < -0.3 is 13.7 Å². The highest BCUT2D eigenvalue weighted by molar-refractivity contribution is 5.98. The third-order valence-corrected chi connectivity index (χ3v) is 5.28. The van der Waals surface area contributed by atoms with Crippen LogP contribution in [0.3, 0.4) is 0 Å².